The zero-order valence-electron chi connectivity index (χ0n) is 4.58. The number of nitroso groups, excluding NO2 is 1. The molecule has 4 nitrogen and oxygen atoms in total. The van der Waals surface area contributed by atoms with Crippen LogP contribution in [-0.2, 0) is 0 Å². The first-order valence-electron chi connectivity index (χ1n) is 2.66. The van der Waals surface area contributed by atoms with Gasteiger partial charge in [0.1, 0.15) is 0 Å². The Labute approximate surface area is 47.6 Å². The summed E-state index contributed by atoms with van der Waals surface area (Å²) in [6.07, 6.45) is 0.895. The van der Waals surface area contributed by atoms with Crippen molar-refractivity contribution >= 4 is 0 Å². The highest BCUT2D eigenvalue weighted by atomic mass is 16.3. The van der Waals surface area contributed by atoms with Crippen LogP contribution >= 0.6 is 0 Å². The van der Waals surface area contributed by atoms with Gasteiger partial charge in [0.2, 0.25) is 0 Å². The number of nitrogens with two attached hydrogens (primary N) is 1. The van der Waals surface area contributed by atoms with Crippen LogP contribution in [0, 0.1) is 4.91 Å². The second-order valence-corrected chi connectivity index (χ2v) is 2.04. The molecule has 1 heterocycles. The summed E-state index contributed by atoms with van der Waals surface area (Å²) >= 11 is 0. The van der Waals surface area contributed by atoms with Crippen LogP contribution in [0.25, 0.3) is 0 Å². The van der Waals surface area contributed by atoms with Crippen LogP contribution in [0.15, 0.2) is 5.29 Å². The zero-order valence-corrected chi connectivity index (χ0v) is 4.58. The second-order valence-electron chi connectivity index (χ2n) is 2.04. The highest BCUT2D eigenvalue weighted by Crippen LogP contribution is 2.05. The van der Waals surface area contributed by atoms with Crippen molar-refractivity contribution < 1.29 is 0 Å². The molecule has 0 amide bonds. The van der Waals surface area contributed by atoms with Gasteiger partial charge in [-0.3, -0.25) is 5.01 Å². The summed E-state index contributed by atoms with van der Waals surface area (Å²) in [5, 5.41) is 4.19. The summed E-state index contributed by atoms with van der Waals surface area (Å²) in [6, 6.07) is 0.160. The molecule has 0 aromatic heterocycles. The third-order valence-corrected chi connectivity index (χ3v) is 1.32. The second kappa shape index (κ2) is 2.09. The standard InChI is InChI=1S/C4H9N3O/c5-4-1-2-7(3-4)6-8/h4H,1-3,5H2/t4-/m1/s1. The number of hydrogen-bond donors (Lipinski definition) is 1. The Balaban J connectivity index is 2.32. The monoisotopic (exact) mass is 115 g/mol. The van der Waals surface area contributed by atoms with E-state index in [1.54, 1.807) is 0 Å². The molecule has 0 aliphatic carbocycles. The Morgan fingerprint density at radius 3 is 2.75 bits per heavy atom. The van der Waals surface area contributed by atoms with Gasteiger partial charge in [0.05, 0.1) is 11.8 Å². The van der Waals surface area contributed by atoms with Gasteiger partial charge in [-0.1, -0.05) is 0 Å². The fourth-order valence-electron chi connectivity index (χ4n) is 0.842. The van der Waals surface area contributed by atoms with E-state index in [-0.39, 0.29) is 6.04 Å². The van der Waals surface area contributed by atoms with E-state index in [2.05, 4.69) is 5.29 Å². The summed E-state index contributed by atoms with van der Waals surface area (Å²) < 4.78 is 0. The summed E-state index contributed by atoms with van der Waals surface area (Å²) in [6.45, 7) is 1.36. The molecule has 4 heteroatoms. The molecule has 0 radical (unpaired) electrons. The van der Waals surface area contributed by atoms with Crippen LogP contribution in [0.2, 0.25) is 0 Å². The van der Waals surface area contributed by atoms with Crippen LogP contribution in [0.1, 0.15) is 6.42 Å². The van der Waals surface area contributed by atoms with Gasteiger partial charge in [-0.15, -0.1) is 4.91 Å². The van der Waals surface area contributed by atoms with Gasteiger partial charge in [0.15, 0.2) is 0 Å². The molecule has 0 aromatic rings. The lowest BCUT2D eigenvalue weighted by molar-refractivity contribution is 0.350. The van der Waals surface area contributed by atoms with Gasteiger partial charge in [-0.2, -0.15) is 0 Å². The first-order chi connectivity index (χ1) is 3.83. The molecule has 0 spiro atoms. The lowest BCUT2D eigenvalue weighted by Crippen LogP contribution is -2.22. The Kier molecular flexibility index (Phi) is 1.43. The predicted octanol–water partition coefficient (Wildman–Crippen LogP) is -0.299. The summed E-state index contributed by atoms with van der Waals surface area (Å²) in [5.74, 6) is 0. The zero-order chi connectivity index (χ0) is 5.98. The molecule has 8 heavy (non-hydrogen) atoms. The van der Waals surface area contributed by atoms with Crippen molar-refractivity contribution in [1.82, 2.24) is 5.01 Å². The largest absolute Gasteiger partial charge is 0.326 e. The fraction of sp³-hybridized carbons (Fsp3) is 1.00. The van der Waals surface area contributed by atoms with E-state index in [0.29, 0.717) is 6.54 Å². The minimum absolute atomic E-state index is 0.160. The Hall–Kier alpha value is -0.640. The van der Waals surface area contributed by atoms with Crippen molar-refractivity contribution in [3.8, 4) is 0 Å². The molecule has 0 aromatic carbocycles. The molecule has 1 saturated heterocycles. The minimum Gasteiger partial charge on any atom is -0.326 e. The van der Waals surface area contributed by atoms with Gasteiger partial charge >= 0.3 is 0 Å². The van der Waals surface area contributed by atoms with Crippen LogP contribution in [0.3, 0.4) is 0 Å². The molecule has 1 aliphatic rings. The van der Waals surface area contributed by atoms with Crippen molar-refractivity contribution in [2.75, 3.05) is 13.1 Å². The van der Waals surface area contributed by atoms with Gasteiger partial charge in [-0.25, -0.2) is 0 Å². The summed E-state index contributed by atoms with van der Waals surface area (Å²) in [7, 11) is 0. The average molecular weight is 115 g/mol. The summed E-state index contributed by atoms with van der Waals surface area (Å²) in [5.41, 5.74) is 5.46. The fourth-order valence-corrected chi connectivity index (χ4v) is 0.842. The predicted molar refractivity (Wildman–Crippen MR) is 30.0 cm³/mol. The third-order valence-electron chi connectivity index (χ3n) is 1.32. The van der Waals surface area contributed by atoms with E-state index in [9.17, 15) is 4.91 Å². The van der Waals surface area contributed by atoms with Crippen molar-refractivity contribution in [3.05, 3.63) is 4.91 Å². The smallest absolute Gasteiger partial charge is 0.0544 e. The number of hydrogen-bond acceptors (Lipinski definition) is 3. The van der Waals surface area contributed by atoms with Gasteiger partial charge in [-0.05, 0) is 6.42 Å². The molecule has 0 saturated carbocycles. The Morgan fingerprint density at radius 2 is 2.50 bits per heavy atom. The maximum Gasteiger partial charge on any atom is 0.0544 e. The van der Waals surface area contributed by atoms with Gasteiger partial charge < -0.3 is 5.73 Å². The van der Waals surface area contributed by atoms with E-state index < -0.39 is 0 Å². The molecule has 1 rings (SSSR count). The van der Waals surface area contributed by atoms with Crippen molar-refractivity contribution in [2.24, 2.45) is 11.0 Å². The maximum absolute atomic E-state index is 9.77. The lowest BCUT2D eigenvalue weighted by atomic mass is 10.3. The number of rotatable bonds is 1. The van der Waals surface area contributed by atoms with Crippen molar-refractivity contribution in [2.45, 2.75) is 12.5 Å². The molecule has 46 valence electrons. The molecule has 0 bridgehead atoms. The van der Waals surface area contributed by atoms with Crippen LogP contribution < -0.4 is 5.73 Å². The van der Waals surface area contributed by atoms with E-state index in [0.717, 1.165) is 13.0 Å². The van der Waals surface area contributed by atoms with E-state index in [4.69, 9.17) is 5.73 Å². The van der Waals surface area contributed by atoms with Crippen molar-refractivity contribution in [1.29, 1.82) is 0 Å². The van der Waals surface area contributed by atoms with Crippen LogP contribution in [0.5, 0.6) is 0 Å². The highest BCUT2D eigenvalue weighted by molar-refractivity contribution is 4.74. The first kappa shape index (κ1) is 5.50. The van der Waals surface area contributed by atoms with E-state index >= 15 is 0 Å². The van der Waals surface area contributed by atoms with Gasteiger partial charge in [0, 0.05) is 12.6 Å². The van der Waals surface area contributed by atoms with E-state index in [1.165, 1.54) is 5.01 Å². The molecule has 1 atom stereocenters. The molecule has 2 N–H and O–H groups in total. The summed E-state index contributed by atoms with van der Waals surface area (Å²) in [4.78, 5) is 9.77. The normalized spacial score (nSPS) is 28.6. The molecule has 1 aliphatic heterocycles. The van der Waals surface area contributed by atoms with Crippen LogP contribution in [0.4, 0.5) is 0 Å². The lowest BCUT2D eigenvalue weighted by Gasteiger charge is -2.02. The Bertz CT molecular complexity index is 95.3. The number of nitrogens with zero attached hydrogens (tertiary/aromatic N) is 2. The van der Waals surface area contributed by atoms with E-state index in [1.807, 2.05) is 0 Å². The SMILES string of the molecule is N[C@@H]1CCN(N=O)C1. The minimum atomic E-state index is 0.160. The van der Waals surface area contributed by atoms with Gasteiger partial charge in [0.25, 0.3) is 0 Å². The Morgan fingerprint density at radius 1 is 1.75 bits per heavy atom. The molecule has 1 fully saturated rings. The average Bonchev–Trinajstić information content (AvgIpc) is 2.14. The van der Waals surface area contributed by atoms with Crippen LogP contribution in [-0.4, -0.2) is 24.1 Å². The quantitative estimate of drug-likeness (QED) is 0.477. The topological polar surface area (TPSA) is 58.7 Å². The highest BCUT2D eigenvalue weighted by Gasteiger charge is 2.17. The first-order valence-corrected chi connectivity index (χ1v) is 2.66. The molecular weight excluding hydrogens is 106 g/mol. The third kappa shape index (κ3) is 0.949. The van der Waals surface area contributed by atoms with Crippen molar-refractivity contribution in [3.63, 3.8) is 0 Å². The maximum atomic E-state index is 9.77. The molecule has 0 unspecified atom stereocenters. The molecular formula is C4H9N3O.